The average Bonchev–Trinajstić information content (AvgIpc) is 3.07. The third-order valence-electron chi connectivity index (χ3n) is 3.78. The summed E-state index contributed by atoms with van der Waals surface area (Å²) in [5.74, 6) is 2.63. The van der Waals surface area contributed by atoms with Crippen molar-refractivity contribution in [1.29, 1.82) is 0 Å². The van der Waals surface area contributed by atoms with Crippen molar-refractivity contribution in [2.45, 2.75) is 25.3 Å². The highest BCUT2D eigenvalue weighted by atomic mass is 127. The Bertz CT molecular complexity index is 475. The highest BCUT2D eigenvalue weighted by molar-refractivity contribution is 14.0. The first-order valence-electron chi connectivity index (χ1n) is 7.03. The molecule has 1 aromatic rings. The zero-order valence-electron chi connectivity index (χ0n) is 12.0. The normalized spacial score (nSPS) is 23.9. The van der Waals surface area contributed by atoms with Gasteiger partial charge in [0.1, 0.15) is 5.75 Å². The van der Waals surface area contributed by atoms with Gasteiger partial charge in [-0.25, -0.2) is 0 Å². The summed E-state index contributed by atoms with van der Waals surface area (Å²) in [6.07, 6.45) is 1.20. The van der Waals surface area contributed by atoms with E-state index in [-0.39, 0.29) is 24.0 Å². The predicted molar refractivity (Wildman–Crippen MR) is 92.2 cm³/mol. The number of halogens is 1. The van der Waals surface area contributed by atoms with Crippen LogP contribution >= 0.6 is 24.0 Å². The summed E-state index contributed by atoms with van der Waals surface area (Å²) in [5.41, 5.74) is 1.39. The second-order valence-corrected chi connectivity index (χ2v) is 5.22. The smallest absolute Gasteiger partial charge is 0.194 e. The Hall–Kier alpha value is -0.980. The highest BCUT2D eigenvalue weighted by Gasteiger charge is 2.39. The minimum atomic E-state index is 0. The molecule has 4 nitrogen and oxygen atoms in total. The lowest BCUT2D eigenvalue weighted by Crippen LogP contribution is -2.37. The molecule has 5 heteroatoms. The molecule has 0 spiro atoms. The number of guanidine groups is 1. The maximum Gasteiger partial charge on any atom is 0.194 e. The van der Waals surface area contributed by atoms with Crippen molar-refractivity contribution in [1.82, 2.24) is 10.2 Å². The Morgan fingerprint density at radius 1 is 1.35 bits per heavy atom. The molecule has 1 N–H and O–H groups in total. The van der Waals surface area contributed by atoms with Gasteiger partial charge in [0, 0.05) is 25.6 Å². The van der Waals surface area contributed by atoms with E-state index in [4.69, 9.17) is 4.74 Å². The van der Waals surface area contributed by atoms with Gasteiger partial charge in [-0.05, 0) is 31.0 Å². The second-order valence-electron chi connectivity index (χ2n) is 5.22. The van der Waals surface area contributed by atoms with Gasteiger partial charge in [-0.15, -0.1) is 24.0 Å². The fourth-order valence-corrected chi connectivity index (χ4v) is 2.56. The molecule has 0 saturated heterocycles. The molecule has 0 unspecified atom stereocenters. The van der Waals surface area contributed by atoms with E-state index in [0.29, 0.717) is 12.0 Å². The Labute approximate surface area is 137 Å². The largest absolute Gasteiger partial charge is 0.494 e. The van der Waals surface area contributed by atoms with Crippen molar-refractivity contribution in [2.24, 2.45) is 4.99 Å². The van der Waals surface area contributed by atoms with Gasteiger partial charge in [-0.2, -0.15) is 0 Å². The zero-order valence-corrected chi connectivity index (χ0v) is 14.3. The number of nitrogens with zero attached hydrogens (tertiary/aromatic N) is 2. The molecule has 1 aliphatic heterocycles. The first-order chi connectivity index (χ1) is 9.28. The molecule has 110 valence electrons. The van der Waals surface area contributed by atoms with E-state index in [9.17, 15) is 0 Å². The van der Waals surface area contributed by atoms with Gasteiger partial charge in [-0.1, -0.05) is 12.1 Å². The SMILES string of the molecule is CCOc1ccc([C@@H]2C[C@H]2NC2=NCCN2C)cc1.I. The van der Waals surface area contributed by atoms with E-state index in [1.807, 2.05) is 6.92 Å². The third kappa shape index (κ3) is 3.37. The molecule has 0 radical (unpaired) electrons. The van der Waals surface area contributed by atoms with Crippen molar-refractivity contribution in [3.05, 3.63) is 29.8 Å². The number of hydrogen-bond acceptors (Lipinski definition) is 4. The lowest BCUT2D eigenvalue weighted by molar-refractivity contribution is 0.340. The number of benzene rings is 1. The molecular weight excluding hydrogens is 365 g/mol. The molecule has 1 saturated carbocycles. The maximum atomic E-state index is 5.47. The van der Waals surface area contributed by atoms with Gasteiger partial charge in [0.15, 0.2) is 5.96 Å². The van der Waals surface area contributed by atoms with Gasteiger partial charge in [0.05, 0.1) is 13.2 Å². The molecular formula is C15H22IN3O. The Kier molecular flexibility index (Phi) is 5.12. The van der Waals surface area contributed by atoms with Crippen molar-refractivity contribution in [3.63, 3.8) is 0 Å². The van der Waals surface area contributed by atoms with Crippen LogP contribution in [0.5, 0.6) is 5.75 Å². The fourth-order valence-electron chi connectivity index (χ4n) is 2.56. The molecule has 1 heterocycles. The van der Waals surface area contributed by atoms with Crippen LogP contribution in [0.25, 0.3) is 0 Å². The van der Waals surface area contributed by atoms with Gasteiger partial charge in [0.2, 0.25) is 0 Å². The Balaban J connectivity index is 0.00000147. The zero-order chi connectivity index (χ0) is 13.2. The van der Waals surface area contributed by atoms with Crippen LogP contribution in [-0.4, -0.2) is 43.6 Å². The summed E-state index contributed by atoms with van der Waals surface area (Å²) in [6.45, 7) is 4.68. The van der Waals surface area contributed by atoms with Gasteiger partial charge in [0.25, 0.3) is 0 Å². The molecule has 0 bridgehead atoms. The van der Waals surface area contributed by atoms with Crippen LogP contribution in [-0.2, 0) is 0 Å². The fraction of sp³-hybridized carbons (Fsp3) is 0.533. The average molecular weight is 387 g/mol. The van der Waals surface area contributed by atoms with Crippen LogP contribution < -0.4 is 10.1 Å². The van der Waals surface area contributed by atoms with Crippen LogP contribution in [0.2, 0.25) is 0 Å². The molecule has 3 rings (SSSR count). The number of nitrogens with one attached hydrogen (secondary N) is 1. The topological polar surface area (TPSA) is 36.9 Å². The first kappa shape index (κ1) is 15.4. The monoisotopic (exact) mass is 387 g/mol. The van der Waals surface area contributed by atoms with Crippen molar-refractivity contribution < 1.29 is 4.74 Å². The third-order valence-corrected chi connectivity index (χ3v) is 3.78. The minimum absolute atomic E-state index is 0. The van der Waals surface area contributed by atoms with E-state index in [1.54, 1.807) is 0 Å². The van der Waals surface area contributed by atoms with Crippen LogP contribution in [0.4, 0.5) is 0 Å². The number of aliphatic imine (C=N–C) groups is 1. The number of likely N-dealkylation sites (N-methyl/N-ethyl adjacent to an activating group) is 1. The van der Waals surface area contributed by atoms with E-state index in [2.05, 4.69) is 46.5 Å². The minimum Gasteiger partial charge on any atom is -0.494 e. The number of rotatable bonds is 4. The van der Waals surface area contributed by atoms with E-state index in [0.717, 1.165) is 31.4 Å². The summed E-state index contributed by atoms with van der Waals surface area (Å²) >= 11 is 0. The van der Waals surface area contributed by atoms with Crippen LogP contribution in [0, 0.1) is 0 Å². The molecule has 2 atom stereocenters. The van der Waals surface area contributed by atoms with Crippen molar-refractivity contribution in [2.75, 3.05) is 26.7 Å². The lowest BCUT2D eigenvalue weighted by atomic mass is 10.1. The van der Waals surface area contributed by atoms with Crippen LogP contribution in [0.1, 0.15) is 24.8 Å². The summed E-state index contributed by atoms with van der Waals surface area (Å²) in [5, 5.41) is 3.54. The van der Waals surface area contributed by atoms with Crippen molar-refractivity contribution in [3.8, 4) is 5.75 Å². The molecule has 1 fully saturated rings. The molecule has 0 aromatic heterocycles. The van der Waals surface area contributed by atoms with Crippen LogP contribution in [0.3, 0.4) is 0 Å². The molecule has 2 aliphatic rings. The molecule has 0 amide bonds. The predicted octanol–water partition coefficient (Wildman–Crippen LogP) is 2.45. The highest BCUT2D eigenvalue weighted by Crippen LogP contribution is 2.41. The van der Waals surface area contributed by atoms with E-state index in [1.165, 1.54) is 12.0 Å². The van der Waals surface area contributed by atoms with Crippen molar-refractivity contribution >= 4 is 29.9 Å². The Morgan fingerprint density at radius 2 is 2.10 bits per heavy atom. The summed E-state index contributed by atoms with van der Waals surface area (Å²) in [4.78, 5) is 6.66. The van der Waals surface area contributed by atoms with Gasteiger partial charge in [-0.3, -0.25) is 4.99 Å². The standard InChI is InChI=1S/C15H21N3O.HI/c1-3-19-12-6-4-11(5-7-12)13-10-14(13)17-15-16-8-9-18(15)2;/h4-7,13-14H,3,8-10H2,1-2H3,(H,16,17);1H/t13-,14+;/m0./s1. The Morgan fingerprint density at radius 3 is 2.70 bits per heavy atom. The lowest BCUT2D eigenvalue weighted by Gasteiger charge is -2.15. The quantitative estimate of drug-likeness (QED) is 0.807. The van der Waals surface area contributed by atoms with Crippen LogP contribution in [0.15, 0.2) is 29.3 Å². The summed E-state index contributed by atoms with van der Waals surface area (Å²) < 4.78 is 5.47. The first-order valence-corrected chi connectivity index (χ1v) is 7.03. The van der Waals surface area contributed by atoms with Gasteiger partial charge >= 0.3 is 0 Å². The molecule has 1 aromatic carbocycles. The second kappa shape index (κ2) is 6.65. The van der Waals surface area contributed by atoms with Gasteiger partial charge < -0.3 is 15.0 Å². The maximum absolute atomic E-state index is 5.47. The number of hydrogen-bond donors (Lipinski definition) is 1. The van der Waals surface area contributed by atoms with E-state index < -0.39 is 0 Å². The summed E-state index contributed by atoms with van der Waals surface area (Å²) in [7, 11) is 2.09. The van der Waals surface area contributed by atoms with E-state index >= 15 is 0 Å². The molecule has 1 aliphatic carbocycles. The number of ether oxygens (including phenoxy) is 1. The molecule has 20 heavy (non-hydrogen) atoms. The summed E-state index contributed by atoms with van der Waals surface area (Å²) in [6, 6.07) is 9.02.